The molecule has 0 atom stereocenters. The van der Waals surface area contributed by atoms with E-state index in [1.165, 1.54) is 0 Å². The summed E-state index contributed by atoms with van der Waals surface area (Å²) in [6.45, 7) is 0. The van der Waals surface area contributed by atoms with Crippen molar-refractivity contribution in [3.05, 3.63) is 10.2 Å². The molecule has 0 N–H and O–H groups in total. The van der Waals surface area contributed by atoms with Gasteiger partial charge in [0.2, 0.25) is 0 Å². The predicted octanol–water partition coefficient (Wildman–Crippen LogP) is 2.17. The zero-order chi connectivity index (χ0) is 4.12. The van der Waals surface area contributed by atoms with Gasteiger partial charge < -0.3 is 0 Å². The third-order valence-corrected chi connectivity index (χ3v) is 0.865. The molecular weight excluding hydrogens is 198 g/mol. The van der Waals surface area contributed by atoms with Crippen LogP contribution in [0.25, 0.3) is 0 Å². The van der Waals surface area contributed by atoms with Crippen molar-refractivity contribution >= 4 is 34.2 Å². The molecule has 0 fully saturated rings. The van der Waals surface area contributed by atoms with Crippen molar-refractivity contribution < 1.29 is 0 Å². The fourth-order valence-corrected chi connectivity index (χ4v) is 0.678. The molecule has 0 unspecified atom stereocenters. The fraction of sp³-hybridized carbons (Fsp3) is 0.333. The molecule has 0 aliphatic heterocycles. The summed E-state index contributed by atoms with van der Waals surface area (Å²) in [5.41, 5.74) is 0. The summed E-state index contributed by atoms with van der Waals surface area (Å²) in [7, 11) is 0. The van der Waals surface area contributed by atoms with E-state index >= 15 is 0 Å². The first-order valence-electron chi connectivity index (χ1n) is 1.23. The van der Waals surface area contributed by atoms with Crippen molar-refractivity contribution in [3.63, 3.8) is 0 Å². The summed E-state index contributed by atoms with van der Waals surface area (Å²) in [5.74, 6) is 0.628. The van der Waals surface area contributed by atoms with Gasteiger partial charge in [0, 0.05) is 5.88 Å². The van der Waals surface area contributed by atoms with Gasteiger partial charge in [-0.25, -0.2) is 0 Å². The van der Waals surface area contributed by atoms with E-state index in [0.29, 0.717) is 5.88 Å². The lowest BCUT2D eigenvalue weighted by Gasteiger charge is -1.61. The van der Waals surface area contributed by atoms with Gasteiger partial charge in [-0.3, -0.25) is 0 Å². The van der Waals surface area contributed by atoms with Gasteiger partial charge in [-0.15, -0.1) is 11.6 Å². The lowest BCUT2D eigenvalue weighted by molar-refractivity contribution is 1.80. The first kappa shape index (κ1) is 5.76. The van der Waals surface area contributed by atoms with Gasteiger partial charge in [-0.05, 0) is 4.08 Å². The van der Waals surface area contributed by atoms with Gasteiger partial charge in [-0.2, -0.15) is 0 Å². The van der Waals surface area contributed by atoms with E-state index in [-0.39, 0.29) is 0 Å². The Morgan fingerprint density at radius 3 is 2.40 bits per heavy atom. The van der Waals surface area contributed by atoms with E-state index in [2.05, 4.69) is 22.6 Å². The standard InChI is InChI=1S/C3H4ClI/c4-2-1-3-5/h1,3H,2H2/b3-1-. The largest absolute Gasteiger partial charge is 0.122 e. The Bertz CT molecular complexity index is 33.9. The Labute approximate surface area is 50.3 Å². The van der Waals surface area contributed by atoms with E-state index in [9.17, 15) is 0 Å². The molecule has 0 heterocycles. The normalized spacial score (nSPS) is 10.0. The minimum Gasteiger partial charge on any atom is -0.122 e. The molecule has 0 rings (SSSR count). The van der Waals surface area contributed by atoms with E-state index in [1.54, 1.807) is 0 Å². The van der Waals surface area contributed by atoms with Crippen molar-refractivity contribution in [3.8, 4) is 0 Å². The Balaban J connectivity index is 2.62. The first-order valence-corrected chi connectivity index (χ1v) is 3.01. The lowest BCUT2D eigenvalue weighted by atomic mass is 10.8. The lowest BCUT2D eigenvalue weighted by Crippen LogP contribution is -1.48. The molecule has 0 aromatic rings. The van der Waals surface area contributed by atoms with E-state index < -0.39 is 0 Å². The van der Waals surface area contributed by atoms with Crippen molar-refractivity contribution in [1.29, 1.82) is 0 Å². The molecule has 0 amide bonds. The van der Waals surface area contributed by atoms with Crippen LogP contribution in [0.3, 0.4) is 0 Å². The van der Waals surface area contributed by atoms with Crippen molar-refractivity contribution in [2.24, 2.45) is 0 Å². The number of hydrogen-bond acceptors (Lipinski definition) is 0. The summed E-state index contributed by atoms with van der Waals surface area (Å²) in [6, 6.07) is 0. The maximum absolute atomic E-state index is 5.21. The number of halogens is 2. The molecule has 0 spiro atoms. The zero-order valence-corrected chi connectivity index (χ0v) is 5.53. The molecule has 0 nitrogen and oxygen atoms in total. The molecule has 0 bridgehead atoms. The summed E-state index contributed by atoms with van der Waals surface area (Å²) in [5, 5.41) is 0. The minimum absolute atomic E-state index is 0.628. The number of allylic oxidation sites excluding steroid dienone is 1. The molecule has 0 aliphatic carbocycles. The summed E-state index contributed by atoms with van der Waals surface area (Å²) >= 11 is 7.33. The van der Waals surface area contributed by atoms with Crippen molar-refractivity contribution in [2.45, 2.75) is 0 Å². The SMILES string of the molecule is ClC/C=C\I. The van der Waals surface area contributed by atoms with Crippen molar-refractivity contribution in [1.82, 2.24) is 0 Å². The highest BCUT2D eigenvalue weighted by Crippen LogP contribution is 1.83. The van der Waals surface area contributed by atoms with Crippen LogP contribution in [0.5, 0.6) is 0 Å². The first-order chi connectivity index (χ1) is 2.41. The van der Waals surface area contributed by atoms with E-state index in [1.807, 2.05) is 10.2 Å². The van der Waals surface area contributed by atoms with Crippen LogP contribution in [0.1, 0.15) is 0 Å². The molecule has 0 aromatic carbocycles. The summed E-state index contributed by atoms with van der Waals surface area (Å²) in [6.07, 6.45) is 1.88. The third kappa shape index (κ3) is 4.76. The number of alkyl halides is 1. The van der Waals surface area contributed by atoms with Crippen LogP contribution in [0, 0.1) is 0 Å². The van der Waals surface area contributed by atoms with Crippen LogP contribution in [0.4, 0.5) is 0 Å². The topological polar surface area (TPSA) is 0 Å². The van der Waals surface area contributed by atoms with Gasteiger partial charge >= 0.3 is 0 Å². The second kappa shape index (κ2) is 4.76. The van der Waals surface area contributed by atoms with Crippen LogP contribution in [0.2, 0.25) is 0 Å². The van der Waals surface area contributed by atoms with Gasteiger partial charge in [0.25, 0.3) is 0 Å². The molecule has 0 aromatic heterocycles. The fourth-order valence-electron chi connectivity index (χ4n) is 0.0337. The van der Waals surface area contributed by atoms with Crippen LogP contribution >= 0.6 is 34.2 Å². The Hall–Kier alpha value is 0.760. The van der Waals surface area contributed by atoms with Crippen LogP contribution in [0.15, 0.2) is 10.2 Å². The van der Waals surface area contributed by atoms with E-state index in [0.717, 1.165) is 0 Å². The zero-order valence-electron chi connectivity index (χ0n) is 2.62. The molecule has 5 heavy (non-hydrogen) atoms. The second-order valence-electron chi connectivity index (χ2n) is 0.516. The predicted molar refractivity (Wildman–Crippen MR) is 33.9 cm³/mol. The molecule has 0 aliphatic rings. The van der Waals surface area contributed by atoms with E-state index in [4.69, 9.17) is 11.6 Å². The average molecular weight is 202 g/mol. The summed E-state index contributed by atoms with van der Waals surface area (Å²) < 4.78 is 1.89. The maximum Gasteiger partial charge on any atom is 0.0411 e. The molecule has 0 saturated heterocycles. The third-order valence-electron chi connectivity index (χ3n) is 0.178. The van der Waals surface area contributed by atoms with Gasteiger partial charge in [0.05, 0.1) is 0 Å². The number of rotatable bonds is 1. The van der Waals surface area contributed by atoms with Gasteiger partial charge in [-0.1, -0.05) is 28.7 Å². The monoisotopic (exact) mass is 202 g/mol. The van der Waals surface area contributed by atoms with Crippen LogP contribution < -0.4 is 0 Å². The molecule has 30 valence electrons. The van der Waals surface area contributed by atoms with Crippen LogP contribution in [-0.2, 0) is 0 Å². The van der Waals surface area contributed by atoms with Crippen molar-refractivity contribution in [2.75, 3.05) is 5.88 Å². The molecule has 2 heteroatoms. The second-order valence-corrected chi connectivity index (χ2v) is 1.54. The molecule has 0 saturated carbocycles. The quantitative estimate of drug-likeness (QED) is 0.452. The number of hydrogen-bond donors (Lipinski definition) is 0. The summed E-state index contributed by atoms with van der Waals surface area (Å²) in [4.78, 5) is 0. The van der Waals surface area contributed by atoms with Crippen LogP contribution in [-0.4, -0.2) is 5.88 Å². The van der Waals surface area contributed by atoms with Gasteiger partial charge in [0.1, 0.15) is 0 Å². The minimum atomic E-state index is 0.628. The smallest absolute Gasteiger partial charge is 0.0411 e. The van der Waals surface area contributed by atoms with Gasteiger partial charge in [0.15, 0.2) is 0 Å². The average Bonchev–Trinajstić information content (AvgIpc) is 1.41. The molecular formula is C3H4ClI. The Morgan fingerprint density at radius 2 is 2.40 bits per heavy atom. The Morgan fingerprint density at radius 1 is 1.80 bits per heavy atom. The maximum atomic E-state index is 5.21. The molecule has 0 radical (unpaired) electrons. The highest BCUT2D eigenvalue weighted by atomic mass is 127. The highest BCUT2D eigenvalue weighted by Gasteiger charge is 1.55. The highest BCUT2D eigenvalue weighted by molar-refractivity contribution is 14.1. The Kier molecular flexibility index (Phi) is 5.48.